The van der Waals surface area contributed by atoms with Gasteiger partial charge in [0.25, 0.3) is 5.69 Å². The van der Waals surface area contributed by atoms with Crippen LogP contribution in [0.15, 0.2) is 24.3 Å². The van der Waals surface area contributed by atoms with Gasteiger partial charge in [-0.15, -0.1) is 12.4 Å². The van der Waals surface area contributed by atoms with E-state index in [9.17, 15) is 14.9 Å². The minimum absolute atomic E-state index is 0. The minimum Gasteiger partial charge on any atom is -0.351 e. The Hall–Kier alpha value is -1.66. The van der Waals surface area contributed by atoms with Crippen LogP contribution in [0, 0.1) is 16.0 Å². The van der Waals surface area contributed by atoms with Crippen LogP contribution >= 0.6 is 12.4 Å². The molecule has 0 unspecified atom stereocenters. The molecule has 0 spiro atoms. The molecule has 1 heterocycles. The first-order chi connectivity index (χ1) is 8.18. The number of hydrogen-bond donors (Lipinski definition) is 2. The highest BCUT2D eigenvalue weighted by Crippen LogP contribution is 2.17. The molecule has 18 heavy (non-hydrogen) atoms. The number of nitrogens with one attached hydrogen (secondary N) is 2. The number of benzene rings is 1. The van der Waals surface area contributed by atoms with Crippen molar-refractivity contribution in [2.75, 3.05) is 13.1 Å². The highest BCUT2D eigenvalue weighted by Gasteiger charge is 2.24. The quantitative estimate of drug-likeness (QED) is 0.628. The average molecular weight is 272 g/mol. The molecular formula is C11H14ClN3O3. The van der Waals surface area contributed by atoms with Gasteiger partial charge >= 0.3 is 0 Å². The number of carbonyl (C=O) groups excluding carboxylic acids is 1. The first-order valence-corrected chi connectivity index (χ1v) is 5.39. The number of rotatable bonds is 4. The van der Waals surface area contributed by atoms with Crippen molar-refractivity contribution in [1.29, 1.82) is 0 Å². The lowest BCUT2D eigenvalue weighted by Crippen LogP contribution is -2.50. The maximum absolute atomic E-state index is 11.6. The lowest BCUT2D eigenvalue weighted by atomic mass is 10.0. The summed E-state index contributed by atoms with van der Waals surface area (Å²) in [4.78, 5) is 21.9. The zero-order valence-electron chi connectivity index (χ0n) is 9.59. The number of para-hydroxylation sites is 1. The number of nitrogens with zero attached hydrogens (tertiary/aromatic N) is 1. The summed E-state index contributed by atoms with van der Waals surface area (Å²) in [7, 11) is 0. The van der Waals surface area contributed by atoms with Gasteiger partial charge in [-0.05, 0) is 0 Å². The van der Waals surface area contributed by atoms with Crippen molar-refractivity contribution in [2.45, 2.75) is 6.54 Å². The molecule has 6 nitrogen and oxygen atoms in total. The first kappa shape index (κ1) is 14.4. The van der Waals surface area contributed by atoms with Crippen LogP contribution in [0.4, 0.5) is 5.69 Å². The van der Waals surface area contributed by atoms with Crippen LogP contribution in [-0.4, -0.2) is 23.9 Å². The van der Waals surface area contributed by atoms with Gasteiger partial charge in [-0.25, -0.2) is 0 Å². The van der Waals surface area contributed by atoms with Crippen molar-refractivity contribution < 1.29 is 9.72 Å². The number of amides is 1. The van der Waals surface area contributed by atoms with Crippen LogP contribution < -0.4 is 10.6 Å². The van der Waals surface area contributed by atoms with Gasteiger partial charge in [0.05, 0.1) is 10.8 Å². The normalized spacial score (nSPS) is 14.2. The molecule has 0 aliphatic carbocycles. The fourth-order valence-electron chi connectivity index (χ4n) is 1.64. The van der Waals surface area contributed by atoms with E-state index < -0.39 is 4.92 Å². The lowest BCUT2D eigenvalue weighted by molar-refractivity contribution is -0.385. The molecular weight excluding hydrogens is 258 g/mol. The van der Waals surface area contributed by atoms with Crippen LogP contribution in [-0.2, 0) is 11.3 Å². The molecule has 1 fully saturated rings. The number of hydrogen-bond acceptors (Lipinski definition) is 4. The maximum atomic E-state index is 11.6. The Morgan fingerprint density at radius 1 is 1.44 bits per heavy atom. The summed E-state index contributed by atoms with van der Waals surface area (Å²) in [5.74, 6) is -0.0559. The second-order valence-electron chi connectivity index (χ2n) is 3.96. The fraction of sp³-hybridized carbons (Fsp3) is 0.364. The Morgan fingerprint density at radius 3 is 2.67 bits per heavy atom. The largest absolute Gasteiger partial charge is 0.351 e. The summed E-state index contributed by atoms with van der Waals surface area (Å²) in [6.45, 7) is 1.57. The molecule has 0 aromatic heterocycles. The van der Waals surface area contributed by atoms with Gasteiger partial charge in [0.2, 0.25) is 5.91 Å². The molecule has 2 rings (SSSR count). The van der Waals surface area contributed by atoms with Crippen molar-refractivity contribution in [3.05, 3.63) is 39.9 Å². The number of halogens is 1. The molecule has 1 aromatic carbocycles. The predicted molar refractivity (Wildman–Crippen MR) is 68.6 cm³/mol. The first-order valence-electron chi connectivity index (χ1n) is 5.39. The molecule has 0 atom stereocenters. The van der Waals surface area contributed by atoms with Gasteiger partial charge in [0.1, 0.15) is 0 Å². The summed E-state index contributed by atoms with van der Waals surface area (Å²) in [5.41, 5.74) is 0.567. The fourth-order valence-corrected chi connectivity index (χ4v) is 1.64. The van der Waals surface area contributed by atoms with Gasteiger partial charge in [0.15, 0.2) is 0 Å². The second-order valence-corrected chi connectivity index (χ2v) is 3.96. The topological polar surface area (TPSA) is 84.3 Å². The predicted octanol–water partition coefficient (Wildman–Crippen LogP) is 0.852. The van der Waals surface area contributed by atoms with Crippen LogP contribution in [0.3, 0.4) is 0 Å². The number of carbonyl (C=O) groups is 1. The monoisotopic (exact) mass is 271 g/mol. The van der Waals surface area contributed by atoms with Gasteiger partial charge < -0.3 is 10.6 Å². The zero-order chi connectivity index (χ0) is 12.3. The smallest absolute Gasteiger partial charge is 0.274 e. The van der Waals surface area contributed by atoms with Gasteiger partial charge in [-0.1, -0.05) is 18.2 Å². The van der Waals surface area contributed by atoms with Crippen molar-refractivity contribution in [2.24, 2.45) is 5.92 Å². The van der Waals surface area contributed by atoms with Crippen LogP contribution in [0.1, 0.15) is 5.56 Å². The molecule has 0 radical (unpaired) electrons. The second kappa shape index (κ2) is 6.32. The van der Waals surface area contributed by atoms with Crippen molar-refractivity contribution in [1.82, 2.24) is 10.6 Å². The van der Waals surface area contributed by atoms with E-state index in [-0.39, 0.29) is 36.5 Å². The van der Waals surface area contributed by atoms with E-state index in [4.69, 9.17) is 0 Å². The molecule has 98 valence electrons. The molecule has 0 bridgehead atoms. The maximum Gasteiger partial charge on any atom is 0.274 e. The van der Waals surface area contributed by atoms with Crippen LogP contribution in [0.5, 0.6) is 0 Å². The molecule has 1 aliphatic heterocycles. The molecule has 1 amide bonds. The summed E-state index contributed by atoms with van der Waals surface area (Å²) in [5, 5.41) is 16.5. The SMILES string of the molecule is Cl.O=C(NCc1ccccc1[N+](=O)[O-])C1CNC1. The van der Waals surface area contributed by atoms with Gasteiger partial charge in [-0.2, -0.15) is 0 Å². The third-order valence-electron chi connectivity index (χ3n) is 2.79. The Morgan fingerprint density at radius 2 is 2.11 bits per heavy atom. The Balaban J connectivity index is 0.00000162. The third kappa shape index (κ3) is 3.18. The van der Waals surface area contributed by atoms with E-state index >= 15 is 0 Å². The molecule has 2 N–H and O–H groups in total. The van der Waals surface area contributed by atoms with E-state index in [0.29, 0.717) is 18.7 Å². The molecule has 0 saturated carbocycles. The van der Waals surface area contributed by atoms with E-state index in [1.807, 2.05) is 0 Å². The Bertz CT molecular complexity index is 449. The van der Waals surface area contributed by atoms with Crippen molar-refractivity contribution >= 4 is 24.0 Å². The molecule has 7 heteroatoms. The summed E-state index contributed by atoms with van der Waals surface area (Å²) in [6, 6.07) is 6.42. The van der Waals surface area contributed by atoms with Crippen molar-refractivity contribution in [3.63, 3.8) is 0 Å². The summed E-state index contributed by atoms with van der Waals surface area (Å²) < 4.78 is 0. The van der Waals surface area contributed by atoms with E-state index in [1.165, 1.54) is 6.07 Å². The third-order valence-corrected chi connectivity index (χ3v) is 2.79. The van der Waals surface area contributed by atoms with Gasteiger partial charge in [0, 0.05) is 31.3 Å². The molecule has 1 aromatic rings. The van der Waals surface area contributed by atoms with E-state index in [0.717, 1.165) is 0 Å². The highest BCUT2D eigenvalue weighted by molar-refractivity contribution is 5.85. The van der Waals surface area contributed by atoms with E-state index in [1.54, 1.807) is 18.2 Å². The van der Waals surface area contributed by atoms with E-state index in [2.05, 4.69) is 10.6 Å². The van der Waals surface area contributed by atoms with Crippen LogP contribution in [0.25, 0.3) is 0 Å². The summed E-state index contributed by atoms with van der Waals surface area (Å²) in [6.07, 6.45) is 0. The Labute approximate surface area is 110 Å². The van der Waals surface area contributed by atoms with Crippen LogP contribution in [0.2, 0.25) is 0 Å². The molecule has 1 saturated heterocycles. The standard InChI is InChI=1S/C11H13N3O3.ClH/c15-11(9-5-12-6-9)13-7-8-3-1-2-4-10(8)14(16)17;/h1-4,9,12H,5-7H2,(H,13,15);1H. The highest BCUT2D eigenvalue weighted by atomic mass is 35.5. The minimum atomic E-state index is -0.438. The lowest BCUT2D eigenvalue weighted by Gasteiger charge is -2.25. The Kier molecular flexibility index (Phi) is 5.06. The number of nitro benzene ring substituents is 1. The average Bonchev–Trinajstić information content (AvgIpc) is 2.24. The van der Waals surface area contributed by atoms with Gasteiger partial charge in [-0.3, -0.25) is 14.9 Å². The van der Waals surface area contributed by atoms with Crippen molar-refractivity contribution in [3.8, 4) is 0 Å². The number of nitro groups is 1. The zero-order valence-corrected chi connectivity index (χ0v) is 10.4. The summed E-state index contributed by atoms with van der Waals surface area (Å²) >= 11 is 0. The molecule has 1 aliphatic rings.